The molecule has 0 bridgehead atoms. The van der Waals surface area contributed by atoms with Crippen molar-refractivity contribution in [1.29, 1.82) is 0 Å². The Hall–Kier alpha value is -2.19. The van der Waals surface area contributed by atoms with E-state index in [1.54, 1.807) is 30.3 Å². The molecule has 4 nitrogen and oxygen atoms in total. The van der Waals surface area contributed by atoms with Crippen LogP contribution in [0.25, 0.3) is 0 Å². The van der Waals surface area contributed by atoms with Crippen molar-refractivity contribution >= 4 is 7.32 Å². The maximum absolute atomic E-state index is 12.7. The molecule has 0 aliphatic rings. The van der Waals surface area contributed by atoms with Crippen LogP contribution < -0.4 is 9.39 Å². The van der Waals surface area contributed by atoms with Gasteiger partial charge in [0.1, 0.15) is 12.4 Å². The van der Waals surface area contributed by atoms with Gasteiger partial charge in [0.25, 0.3) is 0 Å². The minimum absolute atomic E-state index is 0.0139. The van der Waals surface area contributed by atoms with Gasteiger partial charge in [0.05, 0.1) is 5.56 Å². The van der Waals surface area contributed by atoms with Crippen molar-refractivity contribution in [3.63, 3.8) is 0 Å². The highest BCUT2D eigenvalue weighted by atomic mass is 19.4. The smallest absolute Gasteiger partial charge is 0.509 e. The van der Waals surface area contributed by atoms with Crippen LogP contribution in [0.15, 0.2) is 48.5 Å². The molecule has 0 saturated carbocycles. The summed E-state index contributed by atoms with van der Waals surface area (Å²) in [6, 6.07) is 11.3. The van der Waals surface area contributed by atoms with Gasteiger partial charge in [0.2, 0.25) is 0 Å². The highest BCUT2D eigenvalue weighted by molar-refractivity contribution is 6.33. The molecular formula is C14H12BF3O4. The van der Waals surface area contributed by atoms with Crippen molar-refractivity contribution in [2.75, 3.05) is 0 Å². The Morgan fingerprint density at radius 1 is 0.955 bits per heavy atom. The molecule has 0 aromatic heterocycles. The standard InChI is InChI=1S/C14H12BF3O4/c16-14(17,18)11-6-7-12(22-15(19)20)13(8-11)21-9-10-4-2-1-3-5-10/h1-8,19-20H,9H2. The summed E-state index contributed by atoms with van der Waals surface area (Å²) in [5.41, 5.74) is -0.175. The number of rotatable bonds is 5. The topological polar surface area (TPSA) is 58.9 Å². The van der Waals surface area contributed by atoms with Gasteiger partial charge in [-0.2, -0.15) is 13.2 Å². The predicted octanol–water partition coefficient (Wildman–Crippen LogP) is 2.63. The fourth-order valence-corrected chi connectivity index (χ4v) is 1.74. The summed E-state index contributed by atoms with van der Waals surface area (Å²) in [7, 11) is -2.16. The molecule has 2 aromatic rings. The van der Waals surface area contributed by atoms with Crippen LogP contribution in [0.1, 0.15) is 11.1 Å². The summed E-state index contributed by atoms with van der Waals surface area (Å²) < 4.78 is 48.1. The molecule has 8 heteroatoms. The molecule has 0 fully saturated rings. The van der Waals surface area contributed by atoms with Crippen molar-refractivity contribution < 1.29 is 32.6 Å². The number of hydrogen-bond donors (Lipinski definition) is 2. The van der Waals surface area contributed by atoms with Crippen molar-refractivity contribution in [2.45, 2.75) is 12.8 Å². The highest BCUT2D eigenvalue weighted by Gasteiger charge is 2.32. The molecular weight excluding hydrogens is 300 g/mol. The monoisotopic (exact) mass is 312 g/mol. The second-order valence-corrected chi connectivity index (χ2v) is 4.38. The van der Waals surface area contributed by atoms with Gasteiger partial charge < -0.3 is 19.4 Å². The Morgan fingerprint density at radius 2 is 1.64 bits per heavy atom. The average molecular weight is 312 g/mol. The lowest BCUT2D eigenvalue weighted by Gasteiger charge is -2.15. The molecule has 0 amide bonds. The van der Waals surface area contributed by atoms with E-state index in [1.165, 1.54) is 0 Å². The van der Waals surface area contributed by atoms with Crippen molar-refractivity contribution in [2.24, 2.45) is 0 Å². The fourth-order valence-electron chi connectivity index (χ4n) is 1.74. The van der Waals surface area contributed by atoms with Gasteiger partial charge in [0, 0.05) is 0 Å². The van der Waals surface area contributed by atoms with E-state index in [2.05, 4.69) is 4.65 Å². The Morgan fingerprint density at radius 3 is 2.23 bits per heavy atom. The SMILES string of the molecule is OB(O)Oc1ccc(C(F)(F)F)cc1OCc1ccccc1. The van der Waals surface area contributed by atoms with Crippen molar-refractivity contribution in [1.82, 2.24) is 0 Å². The molecule has 0 atom stereocenters. The third-order valence-corrected chi connectivity index (χ3v) is 2.74. The molecule has 116 valence electrons. The zero-order chi connectivity index (χ0) is 16.2. The second-order valence-electron chi connectivity index (χ2n) is 4.38. The van der Waals surface area contributed by atoms with Crippen LogP contribution in [-0.4, -0.2) is 17.4 Å². The zero-order valence-corrected chi connectivity index (χ0v) is 11.2. The molecule has 0 aliphatic heterocycles. The first-order valence-electron chi connectivity index (χ1n) is 6.27. The number of benzene rings is 2. The zero-order valence-electron chi connectivity index (χ0n) is 11.2. The minimum atomic E-state index is -4.54. The predicted molar refractivity (Wildman–Crippen MR) is 73.0 cm³/mol. The van der Waals surface area contributed by atoms with Crippen LogP contribution in [0.5, 0.6) is 11.5 Å². The minimum Gasteiger partial charge on any atom is -0.509 e. The van der Waals surface area contributed by atoms with Gasteiger partial charge in [-0.3, -0.25) is 0 Å². The van der Waals surface area contributed by atoms with E-state index in [-0.39, 0.29) is 18.1 Å². The van der Waals surface area contributed by atoms with E-state index >= 15 is 0 Å². The summed E-state index contributed by atoms with van der Waals surface area (Å²) in [6.07, 6.45) is -4.54. The molecule has 0 spiro atoms. The molecule has 2 rings (SSSR count). The van der Waals surface area contributed by atoms with Gasteiger partial charge in [0.15, 0.2) is 5.75 Å². The molecule has 0 aliphatic carbocycles. The van der Waals surface area contributed by atoms with Crippen LogP contribution in [-0.2, 0) is 12.8 Å². The van der Waals surface area contributed by atoms with Crippen LogP contribution in [0.2, 0.25) is 0 Å². The molecule has 2 aromatic carbocycles. The summed E-state index contributed by atoms with van der Waals surface area (Å²) >= 11 is 0. The van der Waals surface area contributed by atoms with Crippen LogP contribution in [0.4, 0.5) is 13.2 Å². The summed E-state index contributed by atoms with van der Waals surface area (Å²) in [5, 5.41) is 17.6. The van der Waals surface area contributed by atoms with E-state index in [0.717, 1.165) is 23.8 Å². The lowest BCUT2D eigenvalue weighted by atomic mass is 10.1. The Bertz CT molecular complexity index is 617. The third-order valence-electron chi connectivity index (χ3n) is 2.74. The molecule has 0 heterocycles. The number of halogens is 3. The molecule has 0 saturated heterocycles. The average Bonchev–Trinajstić information content (AvgIpc) is 2.45. The Kier molecular flexibility index (Phi) is 4.94. The van der Waals surface area contributed by atoms with Gasteiger partial charge >= 0.3 is 13.5 Å². The van der Waals surface area contributed by atoms with Gasteiger partial charge in [-0.05, 0) is 23.8 Å². The van der Waals surface area contributed by atoms with E-state index in [1.807, 2.05) is 0 Å². The first kappa shape index (κ1) is 16.2. The van der Waals surface area contributed by atoms with Gasteiger partial charge in [-0.25, -0.2) is 0 Å². The van der Waals surface area contributed by atoms with E-state index in [0.29, 0.717) is 0 Å². The van der Waals surface area contributed by atoms with E-state index in [9.17, 15) is 13.2 Å². The highest BCUT2D eigenvalue weighted by Crippen LogP contribution is 2.36. The van der Waals surface area contributed by atoms with Gasteiger partial charge in [-0.1, -0.05) is 30.3 Å². The first-order chi connectivity index (χ1) is 10.4. The van der Waals surface area contributed by atoms with E-state index in [4.69, 9.17) is 14.8 Å². The Labute approximate surface area is 124 Å². The second kappa shape index (κ2) is 6.72. The van der Waals surface area contributed by atoms with Crippen LogP contribution in [0, 0.1) is 0 Å². The molecule has 0 unspecified atom stereocenters. The maximum atomic E-state index is 12.7. The molecule has 0 radical (unpaired) electrons. The summed E-state index contributed by atoms with van der Waals surface area (Å²) in [4.78, 5) is 0. The van der Waals surface area contributed by atoms with Gasteiger partial charge in [-0.15, -0.1) is 0 Å². The number of alkyl halides is 3. The largest absolute Gasteiger partial charge is 0.707 e. The normalized spacial score (nSPS) is 11.1. The van der Waals surface area contributed by atoms with Crippen LogP contribution in [0.3, 0.4) is 0 Å². The number of ether oxygens (including phenoxy) is 1. The number of hydrogen-bond acceptors (Lipinski definition) is 4. The lowest BCUT2D eigenvalue weighted by molar-refractivity contribution is -0.137. The maximum Gasteiger partial charge on any atom is 0.707 e. The van der Waals surface area contributed by atoms with Crippen LogP contribution >= 0.6 is 0 Å². The molecule has 2 N–H and O–H groups in total. The first-order valence-corrected chi connectivity index (χ1v) is 6.27. The summed E-state index contributed by atoms with van der Waals surface area (Å²) in [5.74, 6) is -0.425. The quantitative estimate of drug-likeness (QED) is 0.833. The fraction of sp³-hybridized carbons (Fsp3) is 0.143. The Balaban J connectivity index is 2.24. The van der Waals surface area contributed by atoms with Crippen molar-refractivity contribution in [3.05, 3.63) is 59.7 Å². The summed E-state index contributed by atoms with van der Waals surface area (Å²) in [6.45, 7) is 0.0139. The van der Waals surface area contributed by atoms with Crippen molar-refractivity contribution in [3.8, 4) is 11.5 Å². The van der Waals surface area contributed by atoms with E-state index < -0.39 is 19.1 Å². The lowest BCUT2D eigenvalue weighted by Crippen LogP contribution is -2.21. The third kappa shape index (κ3) is 4.41. The molecule has 22 heavy (non-hydrogen) atoms.